The van der Waals surface area contributed by atoms with E-state index in [2.05, 4.69) is 22.2 Å². The Hall–Kier alpha value is -2.17. The van der Waals surface area contributed by atoms with Gasteiger partial charge in [-0.05, 0) is 30.9 Å². The molecule has 1 saturated carbocycles. The number of nitrogens with zero attached hydrogens (tertiary/aromatic N) is 3. The van der Waals surface area contributed by atoms with Crippen LogP contribution in [0.25, 0.3) is 5.69 Å². The molecule has 1 N–H and O–H groups in total. The van der Waals surface area contributed by atoms with Gasteiger partial charge in [-0.15, -0.1) is 0 Å². The molecule has 1 aliphatic rings. The molecule has 2 heterocycles. The first-order valence-electron chi connectivity index (χ1n) is 7.49. The molecule has 0 saturated heterocycles. The standard InChI is InChI=1S/C16H20N4O/c1-12-4-2-3-5-14(12)19-16(21)15-10-13(6-7-18-15)20-9-8-17-11-20/h6-12,14H,2-5H2,1H3,(H,19,21). The lowest BCUT2D eigenvalue weighted by Crippen LogP contribution is -2.41. The summed E-state index contributed by atoms with van der Waals surface area (Å²) in [5.41, 5.74) is 1.35. The smallest absolute Gasteiger partial charge is 0.270 e. The Kier molecular flexibility index (Phi) is 3.99. The van der Waals surface area contributed by atoms with Gasteiger partial charge in [0.1, 0.15) is 5.69 Å². The van der Waals surface area contributed by atoms with Crippen LogP contribution >= 0.6 is 0 Å². The highest BCUT2D eigenvalue weighted by molar-refractivity contribution is 5.92. The van der Waals surface area contributed by atoms with Crippen molar-refractivity contribution in [1.29, 1.82) is 0 Å². The predicted octanol–water partition coefficient (Wildman–Crippen LogP) is 2.58. The highest BCUT2D eigenvalue weighted by Crippen LogP contribution is 2.24. The second-order valence-electron chi connectivity index (χ2n) is 5.71. The van der Waals surface area contributed by atoms with Gasteiger partial charge in [0.05, 0.1) is 12.0 Å². The predicted molar refractivity (Wildman–Crippen MR) is 80.2 cm³/mol. The van der Waals surface area contributed by atoms with E-state index in [9.17, 15) is 4.79 Å². The Morgan fingerprint density at radius 2 is 2.19 bits per heavy atom. The first kappa shape index (κ1) is 13.8. The average molecular weight is 284 g/mol. The maximum atomic E-state index is 12.4. The van der Waals surface area contributed by atoms with Crippen LogP contribution in [-0.2, 0) is 0 Å². The second-order valence-corrected chi connectivity index (χ2v) is 5.71. The van der Waals surface area contributed by atoms with E-state index < -0.39 is 0 Å². The van der Waals surface area contributed by atoms with E-state index in [4.69, 9.17) is 0 Å². The number of imidazole rings is 1. The SMILES string of the molecule is CC1CCCCC1NC(=O)c1cc(-n2ccnc2)ccn1. The van der Waals surface area contributed by atoms with Crippen LogP contribution in [0.3, 0.4) is 0 Å². The molecule has 0 radical (unpaired) electrons. The molecule has 0 aliphatic heterocycles. The lowest BCUT2D eigenvalue weighted by Gasteiger charge is -2.29. The Morgan fingerprint density at radius 3 is 2.95 bits per heavy atom. The molecule has 1 aliphatic carbocycles. The lowest BCUT2D eigenvalue weighted by atomic mass is 9.86. The van der Waals surface area contributed by atoms with Crippen molar-refractivity contribution >= 4 is 5.91 Å². The van der Waals surface area contributed by atoms with Crippen LogP contribution in [0.15, 0.2) is 37.1 Å². The molecule has 110 valence electrons. The Bertz CT molecular complexity index is 608. The molecular weight excluding hydrogens is 264 g/mol. The molecular formula is C16H20N4O. The molecule has 0 spiro atoms. The molecule has 2 aromatic rings. The zero-order valence-electron chi connectivity index (χ0n) is 12.2. The van der Waals surface area contributed by atoms with E-state index in [1.807, 2.05) is 16.8 Å². The van der Waals surface area contributed by atoms with Crippen molar-refractivity contribution in [3.05, 3.63) is 42.7 Å². The quantitative estimate of drug-likeness (QED) is 0.942. The number of hydrogen-bond acceptors (Lipinski definition) is 3. The van der Waals surface area contributed by atoms with Gasteiger partial charge in [0.15, 0.2) is 0 Å². The number of pyridine rings is 1. The average Bonchev–Trinajstić information content (AvgIpc) is 3.04. The van der Waals surface area contributed by atoms with Crippen LogP contribution < -0.4 is 5.32 Å². The molecule has 21 heavy (non-hydrogen) atoms. The van der Waals surface area contributed by atoms with Gasteiger partial charge >= 0.3 is 0 Å². The normalized spacial score (nSPS) is 22.0. The van der Waals surface area contributed by atoms with Gasteiger partial charge in [-0.1, -0.05) is 19.8 Å². The zero-order chi connectivity index (χ0) is 14.7. The first-order chi connectivity index (χ1) is 10.2. The topological polar surface area (TPSA) is 59.8 Å². The van der Waals surface area contributed by atoms with Crippen molar-refractivity contribution in [3.63, 3.8) is 0 Å². The molecule has 0 aromatic carbocycles. The number of carbonyl (C=O) groups excluding carboxylic acids is 1. The minimum Gasteiger partial charge on any atom is -0.348 e. The third-order valence-electron chi connectivity index (χ3n) is 4.21. The molecule has 3 rings (SSSR count). The monoisotopic (exact) mass is 284 g/mol. The van der Waals surface area contributed by atoms with E-state index in [1.165, 1.54) is 19.3 Å². The van der Waals surface area contributed by atoms with E-state index >= 15 is 0 Å². The number of carbonyl (C=O) groups is 1. The van der Waals surface area contributed by atoms with Gasteiger partial charge in [-0.3, -0.25) is 9.78 Å². The number of rotatable bonds is 3. The summed E-state index contributed by atoms with van der Waals surface area (Å²) < 4.78 is 1.86. The largest absolute Gasteiger partial charge is 0.348 e. The first-order valence-corrected chi connectivity index (χ1v) is 7.49. The van der Waals surface area contributed by atoms with Crippen molar-refractivity contribution in [1.82, 2.24) is 19.9 Å². The van der Waals surface area contributed by atoms with Gasteiger partial charge in [-0.2, -0.15) is 0 Å². The highest BCUT2D eigenvalue weighted by atomic mass is 16.1. The molecule has 2 atom stereocenters. The third-order valence-corrected chi connectivity index (χ3v) is 4.21. The van der Waals surface area contributed by atoms with Gasteiger partial charge in [0, 0.05) is 24.6 Å². The Balaban J connectivity index is 1.74. The van der Waals surface area contributed by atoms with Crippen LogP contribution in [0.4, 0.5) is 0 Å². The second kappa shape index (κ2) is 6.08. The van der Waals surface area contributed by atoms with Crippen LogP contribution in [0.5, 0.6) is 0 Å². The van der Waals surface area contributed by atoms with Crippen molar-refractivity contribution in [3.8, 4) is 5.69 Å². The number of aromatic nitrogens is 3. The summed E-state index contributed by atoms with van der Waals surface area (Å²) in [6, 6.07) is 3.93. The number of hydrogen-bond donors (Lipinski definition) is 1. The minimum absolute atomic E-state index is 0.0873. The molecule has 0 bridgehead atoms. The van der Waals surface area contributed by atoms with Crippen LogP contribution in [0.1, 0.15) is 43.1 Å². The Morgan fingerprint density at radius 1 is 1.33 bits per heavy atom. The van der Waals surface area contributed by atoms with Crippen molar-refractivity contribution in [2.45, 2.75) is 38.6 Å². The zero-order valence-corrected chi connectivity index (χ0v) is 12.2. The summed E-state index contributed by atoms with van der Waals surface area (Å²) in [5, 5.41) is 3.13. The fourth-order valence-corrected chi connectivity index (χ4v) is 2.89. The van der Waals surface area contributed by atoms with Crippen molar-refractivity contribution < 1.29 is 4.79 Å². The van der Waals surface area contributed by atoms with Crippen molar-refractivity contribution in [2.24, 2.45) is 5.92 Å². The molecule has 2 aromatic heterocycles. The molecule has 1 fully saturated rings. The van der Waals surface area contributed by atoms with Gasteiger partial charge in [-0.25, -0.2) is 4.98 Å². The Labute approximate surface area is 124 Å². The molecule has 1 amide bonds. The summed E-state index contributed by atoms with van der Waals surface area (Å²) in [4.78, 5) is 20.6. The molecule has 5 heteroatoms. The number of amides is 1. The summed E-state index contributed by atoms with van der Waals surface area (Å²) in [6.07, 6.45) is 11.6. The van der Waals surface area contributed by atoms with Gasteiger partial charge in [0.2, 0.25) is 0 Å². The molecule has 5 nitrogen and oxygen atoms in total. The van der Waals surface area contributed by atoms with E-state index in [0.29, 0.717) is 11.6 Å². The van der Waals surface area contributed by atoms with Gasteiger partial charge in [0.25, 0.3) is 5.91 Å². The maximum absolute atomic E-state index is 12.4. The fraction of sp³-hybridized carbons (Fsp3) is 0.438. The van der Waals surface area contributed by atoms with E-state index in [0.717, 1.165) is 12.1 Å². The van der Waals surface area contributed by atoms with Crippen molar-refractivity contribution in [2.75, 3.05) is 0 Å². The van der Waals surface area contributed by atoms with E-state index in [1.54, 1.807) is 24.8 Å². The molecule has 2 unspecified atom stereocenters. The van der Waals surface area contributed by atoms with E-state index in [-0.39, 0.29) is 11.9 Å². The summed E-state index contributed by atoms with van der Waals surface area (Å²) in [6.45, 7) is 2.21. The summed E-state index contributed by atoms with van der Waals surface area (Å²) in [7, 11) is 0. The summed E-state index contributed by atoms with van der Waals surface area (Å²) >= 11 is 0. The maximum Gasteiger partial charge on any atom is 0.270 e. The fourth-order valence-electron chi connectivity index (χ4n) is 2.89. The van der Waals surface area contributed by atoms with Crippen LogP contribution in [-0.4, -0.2) is 26.5 Å². The minimum atomic E-state index is -0.0873. The van der Waals surface area contributed by atoms with Gasteiger partial charge < -0.3 is 9.88 Å². The van der Waals surface area contributed by atoms with Crippen LogP contribution in [0.2, 0.25) is 0 Å². The van der Waals surface area contributed by atoms with Crippen LogP contribution in [0, 0.1) is 5.92 Å². The third kappa shape index (κ3) is 3.12. The number of nitrogens with one attached hydrogen (secondary N) is 1. The lowest BCUT2D eigenvalue weighted by molar-refractivity contribution is 0.0905. The highest BCUT2D eigenvalue weighted by Gasteiger charge is 2.23. The summed E-state index contributed by atoms with van der Waals surface area (Å²) in [5.74, 6) is 0.454.